The molecule has 0 aromatic carbocycles. The number of Topliss-reactive ketones (excluding diaryl/α,β-unsaturated/α-hetero) is 1. The molecular weight excluding hydrogens is 192 g/mol. The monoisotopic (exact) mass is 206 g/mol. The molecule has 0 spiro atoms. The van der Waals surface area contributed by atoms with Gasteiger partial charge in [0.15, 0.2) is 5.78 Å². The third kappa shape index (κ3) is 2.40. The van der Waals surface area contributed by atoms with E-state index in [1.54, 1.807) is 6.07 Å². The summed E-state index contributed by atoms with van der Waals surface area (Å²) in [6, 6.07) is 5.61. The van der Waals surface area contributed by atoms with Crippen LogP contribution in [0.2, 0.25) is 0 Å². The van der Waals surface area contributed by atoms with Crippen molar-refractivity contribution in [2.45, 2.75) is 13.0 Å². The van der Waals surface area contributed by atoms with Crippen molar-refractivity contribution in [3.63, 3.8) is 0 Å². The Hall–Kier alpha value is -1.26. The van der Waals surface area contributed by atoms with Crippen molar-refractivity contribution in [1.29, 1.82) is 0 Å². The van der Waals surface area contributed by atoms with Gasteiger partial charge in [-0.2, -0.15) is 0 Å². The number of ketones is 1. The van der Waals surface area contributed by atoms with E-state index in [9.17, 15) is 4.79 Å². The number of nitrogens with zero attached hydrogens (tertiary/aromatic N) is 1. The number of carbonyl (C=O) groups excluding carboxylic acids is 1. The normalized spacial score (nSPS) is 21.3. The second-order valence-corrected chi connectivity index (χ2v) is 3.59. The molecule has 0 aliphatic carbocycles. The zero-order valence-corrected chi connectivity index (χ0v) is 8.69. The highest BCUT2D eigenvalue weighted by atomic mass is 16.5. The molecule has 2 rings (SSSR count). The Bertz CT molecular complexity index is 359. The van der Waals surface area contributed by atoms with Gasteiger partial charge < -0.3 is 10.1 Å². The van der Waals surface area contributed by atoms with Crippen molar-refractivity contribution in [2.24, 2.45) is 0 Å². The minimum atomic E-state index is -0.00595. The number of morpholine rings is 1. The molecule has 0 saturated carbocycles. The van der Waals surface area contributed by atoms with Crippen LogP contribution in [0.3, 0.4) is 0 Å². The van der Waals surface area contributed by atoms with Gasteiger partial charge in [-0.25, -0.2) is 4.98 Å². The summed E-state index contributed by atoms with van der Waals surface area (Å²) in [7, 11) is 0. The predicted octanol–water partition coefficient (Wildman–Crippen LogP) is 0.945. The van der Waals surface area contributed by atoms with Crippen molar-refractivity contribution in [3.05, 3.63) is 29.6 Å². The molecule has 2 heterocycles. The van der Waals surface area contributed by atoms with E-state index < -0.39 is 0 Å². The summed E-state index contributed by atoms with van der Waals surface area (Å²) >= 11 is 0. The fraction of sp³-hybridized carbons (Fsp3) is 0.455. The van der Waals surface area contributed by atoms with Crippen molar-refractivity contribution >= 4 is 5.78 Å². The van der Waals surface area contributed by atoms with E-state index in [2.05, 4.69) is 10.3 Å². The maximum atomic E-state index is 11.2. The molecule has 0 bridgehead atoms. The van der Waals surface area contributed by atoms with E-state index >= 15 is 0 Å². The first-order valence-corrected chi connectivity index (χ1v) is 5.06. The van der Waals surface area contributed by atoms with Gasteiger partial charge in [0.25, 0.3) is 0 Å². The zero-order chi connectivity index (χ0) is 10.7. The Morgan fingerprint density at radius 1 is 1.60 bits per heavy atom. The first kappa shape index (κ1) is 10.3. The summed E-state index contributed by atoms with van der Waals surface area (Å²) in [4.78, 5) is 15.5. The number of carbonyl (C=O) groups is 1. The number of nitrogens with one attached hydrogen (secondary N) is 1. The smallest absolute Gasteiger partial charge is 0.178 e. The van der Waals surface area contributed by atoms with E-state index in [1.165, 1.54) is 6.92 Å². The highest BCUT2D eigenvalue weighted by Crippen LogP contribution is 2.13. The van der Waals surface area contributed by atoms with Gasteiger partial charge in [-0.05, 0) is 12.1 Å². The minimum Gasteiger partial charge on any atom is -0.378 e. The van der Waals surface area contributed by atoms with E-state index in [4.69, 9.17) is 4.74 Å². The van der Waals surface area contributed by atoms with Crippen LogP contribution >= 0.6 is 0 Å². The Morgan fingerprint density at radius 3 is 3.13 bits per heavy atom. The van der Waals surface area contributed by atoms with Gasteiger partial charge in [-0.3, -0.25) is 4.79 Å². The topological polar surface area (TPSA) is 51.2 Å². The molecular formula is C11H14N2O2. The highest BCUT2D eigenvalue weighted by Gasteiger charge is 2.16. The second-order valence-electron chi connectivity index (χ2n) is 3.59. The summed E-state index contributed by atoms with van der Waals surface area (Å²) in [5, 5.41) is 3.30. The van der Waals surface area contributed by atoms with E-state index in [1.807, 2.05) is 12.1 Å². The summed E-state index contributed by atoms with van der Waals surface area (Å²) in [5.74, 6) is -0.00595. The summed E-state index contributed by atoms with van der Waals surface area (Å²) < 4.78 is 5.35. The van der Waals surface area contributed by atoms with Crippen LogP contribution in [0.1, 0.15) is 29.1 Å². The standard InChI is InChI=1S/C11H14N2O2/c1-8(14)9-3-2-4-10(13-9)11-7-15-6-5-12-11/h2-4,11-12H,5-7H2,1H3/t11-/m0/s1. The molecule has 1 aliphatic rings. The van der Waals surface area contributed by atoms with Crippen LogP contribution in [0.5, 0.6) is 0 Å². The molecule has 1 aliphatic heterocycles. The van der Waals surface area contributed by atoms with Crippen molar-refractivity contribution < 1.29 is 9.53 Å². The van der Waals surface area contributed by atoms with Crippen molar-refractivity contribution in [2.75, 3.05) is 19.8 Å². The number of hydrogen-bond donors (Lipinski definition) is 1. The van der Waals surface area contributed by atoms with Gasteiger partial charge >= 0.3 is 0 Å². The van der Waals surface area contributed by atoms with Gasteiger partial charge in [0.05, 0.1) is 24.9 Å². The molecule has 80 valence electrons. The average molecular weight is 206 g/mol. The van der Waals surface area contributed by atoms with Gasteiger partial charge in [0.1, 0.15) is 5.69 Å². The molecule has 0 radical (unpaired) electrons. The number of pyridine rings is 1. The van der Waals surface area contributed by atoms with E-state index in [0.29, 0.717) is 12.3 Å². The minimum absolute atomic E-state index is 0.00595. The third-order valence-electron chi connectivity index (χ3n) is 2.41. The summed E-state index contributed by atoms with van der Waals surface area (Å²) in [6.07, 6.45) is 0. The highest BCUT2D eigenvalue weighted by molar-refractivity contribution is 5.92. The SMILES string of the molecule is CC(=O)c1cccc([C@@H]2COCCN2)n1. The average Bonchev–Trinajstić information content (AvgIpc) is 2.30. The van der Waals surface area contributed by atoms with Crippen molar-refractivity contribution in [1.82, 2.24) is 10.3 Å². The first-order chi connectivity index (χ1) is 7.27. The Morgan fingerprint density at radius 2 is 2.47 bits per heavy atom. The molecule has 15 heavy (non-hydrogen) atoms. The largest absolute Gasteiger partial charge is 0.378 e. The van der Waals surface area contributed by atoms with Crippen LogP contribution in [0.15, 0.2) is 18.2 Å². The number of aromatic nitrogens is 1. The quantitative estimate of drug-likeness (QED) is 0.732. The summed E-state index contributed by atoms with van der Waals surface area (Å²) in [6.45, 7) is 3.71. The molecule has 1 atom stereocenters. The molecule has 4 heteroatoms. The van der Waals surface area contributed by atoms with E-state index in [-0.39, 0.29) is 11.8 Å². The predicted molar refractivity (Wildman–Crippen MR) is 55.8 cm³/mol. The molecule has 4 nitrogen and oxygen atoms in total. The fourth-order valence-corrected chi connectivity index (χ4v) is 1.60. The molecule has 0 unspecified atom stereocenters. The molecule has 0 amide bonds. The molecule has 1 aromatic rings. The lowest BCUT2D eigenvalue weighted by Gasteiger charge is -2.23. The van der Waals surface area contributed by atoms with Crippen LogP contribution in [0, 0.1) is 0 Å². The Labute approximate surface area is 88.7 Å². The summed E-state index contributed by atoms with van der Waals surface area (Å²) in [5.41, 5.74) is 1.39. The maximum absolute atomic E-state index is 11.2. The lowest BCUT2D eigenvalue weighted by molar-refractivity contribution is 0.0754. The second kappa shape index (κ2) is 4.51. The molecule has 1 fully saturated rings. The molecule has 1 aromatic heterocycles. The Kier molecular flexibility index (Phi) is 3.08. The van der Waals surface area contributed by atoms with Gasteiger partial charge in [-0.15, -0.1) is 0 Å². The lowest BCUT2D eigenvalue weighted by Crippen LogP contribution is -2.35. The van der Waals surface area contributed by atoms with E-state index in [0.717, 1.165) is 18.8 Å². The van der Waals surface area contributed by atoms with Crippen LogP contribution in [-0.2, 0) is 4.74 Å². The zero-order valence-electron chi connectivity index (χ0n) is 8.69. The maximum Gasteiger partial charge on any atom is 0.178 e. The molecule has 1 saturated heterocycles. The number of ether oxygens (including phenoxy) is 1. The fourth-order valence-electron chi connectivity index (χ4n) is 1.60. The van der Waals surface area contributed by atoms with Crippen molar-refractivity contribution in [3.8, 4) is 0 Å². The lowest BCUT2D eigenvalue weighted by atomic mass is 10.1. The third-order valence-corrected chi connectivity index (χ3v) is 2.41. The van der Waals surface area contributed by atoms with Gasteiger partial charge in [0.2, 0.25) is 0 Å². The molecule has 1 N–H and O–H groups in total. The van der Waals surface area contributed by atoms with Gasteiger partial charge in [-0.1, -0.05) is 6.07 Å². The van der Waals surface area contributed by atoms with Crippen LogP contribution < -0.4 is 5.32 Å². The van der Waals surface area contributed by atoms with Crippen LogP contribution in [0.4, 0.5) is 0 Å². The number of rotatable bonds is 2. The Balaban J connectivity index is 2.19. The van der Waals surface area contributed by atoms with Crippen LogP contribution in [-0.4, -0.2) is 30.5 Å². The number of hydrogen-bond acceptors (Lipinski definition) is 4. The van der Waals surface area contributed by atoms with Crippen LogP contribution in [0.25, 0.3) is 0 Å². The van der Waals surface area contributed by atoms with Gasteiger partial charge in [0, 0.05) is 13.5 Å². The first-order valence-electron chi connectivity index (χ1n) is 5.06.